The average molecular weight is 1170 g/mol. The molecule has 0 spiro atoms. The molecule has 0 bridgehead atoms. The molecule has 0 unspecified atom stereocenters. The molecule has 30 heteroatoms. The minimum Gasteiger partial charge on any atom is -0.465 e. The molecule has 0 aliphatic carbocycles. The number of imide groups is 1. The molecule has 3 fully saturated rings. The number of carbonyl (C=O) groups is 10. The maximum Gasteiger partial charge on any atom is 0.420 e. The fourth-order valence-corrected chi connectivity index (χ4v) is 8.30. The summed E-state index contributed by atoms with van der Waals surface area (Å²) in [4.78, 5) is 131. The first-order valence-electron chi connectivity index (χ1n) is 24.2. The molecule has 0 radical (unpaired) electrons. The van der Waals surface area contributed by atoms with Crippen LogP contribution in [0.1, 0.15) is 86.6 Å². The Balaban J connectivity index is 1.74. The average Bonchev–Trinajstić information content (AvgIpc) is 3.69. The van der Waals surface area contributed by atoms with E-state index >= 15 is 0 Å². The lowest BCUT2D eigenvalue weighted by Crippen LogP contribution is -2.69. The number of alkyl halides is 3. The number of halogens is 3. The van der Waals surface area contributed by atoms with E-state index in [2.05, 4.69) is 10.6 Å². The highest BCUT2D eigenvalue weighted by Gasteiger charge is 2.66. The van der Waals surface area contributed by atoms with Crippen molar-refractivity contribution in [2.24, 2.45) is 0 Å². The number of carbonyl (C=O) groups excluding carboxylic acids is 10. The van der Waals surface area contributed by atoms with E-state index in [0.717, 1.165) is 47.3 Å². The second-order valence-electron chi connectivity index (χ2n) is 18.6. The molecule has 1 aromatic carbocycles. The Morgan fingerprint density at radius 3 is 2.05 bits per heavy atom. The summed E-state index contributed by atoms with van der Waals surface area (Å²) in [5, 5.41) is 5.08. The molecule has 2 N–H and O–H groups in total. The summed E-state index contributed by atoms with van der Waals surface area (Å²) in [7, 11) is 0.919. The Kier molecular flexibility index (Phi) is 24.3. The molecular weight excluding hydrogens is 1110 g/mol. The maximum atomic E-state index is 14.3. The number of hydrogen-bond acceptors (Lipinski definition) is 24. The Labute approximate surface area is 463 Å². The first-order valence-corrected chi connectivity index (χ1v) is 25.3. The Morgan fingerprint density at radius 2 is 1.46 bits per heavy atom. The van der Waals surface area contributed by atoms with Gasteiger partial charge in [0.1, 0.15) is 55.8 Å². The number of rotatable bonds is 23. The number of esters is 6. The van der Waals surface area contributed by atoms with Crippen LogP contribution in [-0.2, 0) is 102 Å². The van der Waals surface area contributed by atoms with Crippen molar-refractivity contribution in [3.63, 3.8) is 0 Å². The zero-order valence-electron chi connectivity index (χ0n) is 44.1. The third-order valence-corrected chi connectivity index (χ3v) is 11.4. The molecule has 0 saturated carbocycles. The van der Waals surface area contributed by atoms with Crippen LogP contribution in [0.4, 0.5) is 19.2 Å². The van der Waals surface area contributed by atoms with Crippen molar-refractivity contribution in [3.8, 4) is 0 Å². The molecule has 0 aromatic heterocycles. The van der Waals surface area contributed by atoms with Gasteiger partial charge in [-0.25, -0.2) is 28.9 Å². The number of unbranched alkanes of at least 4 members (excludes halogenated alkanes) is 2. The first kappa shape index (κ1) is 64.6. The van der Waals surface area contributed by atoms with Gasteiger partial charge in [-0.3, -0.25) is 24.0 Å². The van der Waals surface area contributed by atoms with E-state index in [1.165, 1.54) is 20.8 Å². The highest BCUT2D eigenvalue weighted by atomic mass is 35.6. The van der Waals surface area contributed by atoms with E-state index in [-0.39, 0.29) is 26.2 Å². The van der Waals surface area contributed by atoms with E-state index in [9.17, 15) is 47.9 Å². The third kappa shape index (κ3) is 20.0. The van der Waals surface area contributed by atoms with Gasteiger partial charge in [0.05, 0.1) is 20.1 Å². The quantitative estimate of drug-likeness (QED) is 0.0664. The topological polar surface area (TPSA) is 327 Å². The molecule has 436 valence electrons. The van der Waals surface area contributed by atoms with Crippen molar-refractivity contribution in [1.29, 1.82) is 0 Å². The van der Waals surface area contributed by atoms with Gasteiger partial charge in [-0.2, -0.15) is 0 Å². The third-order valence-electron chi connectivity index (χ3n) is 11.1. The van der Waals surface area contributed by atoms with Crippen LogP contribution >= 0.6 is 34.8 Å². The molecule has 78 heavy (non-hydrogen) atoms. The van der Waals surface area contributed by atoms with E-state index in [0.29, 0.717) is 17.7 Å². The molecule has 3 saturated heterocycles. The maximum absolute atomic E-state index is 14.3. The molecule has 3 aliphatic heterocycles. The van der Waals surface area contributed by atoms with Crippen molar-refractivity contribution < 1.29 is 114 Å². The smallest absolute Gasteiger partial charge is 0.420 e. The van der Waals surface area contributed by atoms with E-state index in [1.807, 2.05) is 6.07 Å². The Morgan fingerprint density at radius 1 is 0.808 bits per heavy atom. The van der Waals surface area contributed by atoms with Crippen LogP contribution < -0.4 is 10.6 Å². The number of ether oxygens (including phenoxy) is 14. The SMILES string of the molecule is COC(=O)[C@@]1(OC[C@H]2O[C@@H](OCCCCCNC(=O)OCc3ccccc3)[C@H](NC(=O)OCC(Cl)(Cl)Cl)[C@@H](OC(C)=O)[C@@H]2OC(C)=O)C[C@@H]2OC(=O)N(C(=O)OC(C)(C)C)[C@H]2[C@H]([C@H](OC(C)=O)[C@@H](COC(C)=O)OC(C)=O)O1. The van der Waals surface area contributed by atoms with Crippen LogP contribution in [0, 0.1) is 0 Å². The standard InChI is InChI=1S/C48H64Cl3N3O24/c1-25(55)67-22-32(71-26(2)56)37(73-28(4)58)39-35-31(76-44(63)54(35)45(64)78-46(6,7)8)20-47(77-39,41(60)65-9)70-23-33-36(72-27(3)57)38(74-29(5)59)34(53-43(62)69-24-48(49,50)51)40(75-33)66-19-15-11-14-18-52-42(61)68-21-30-16-12-10-13-17-30/h10,12-13,16-17,31-40H,11,14-15,18-24H2,1-9H3,(H,52,61)(H,53,62)/t31-,32+,33+,34+,35+,36+,37+,38+,39+,40+,47+/m0/s1. The molecular formula is C48H64Cl3N3O24. The molecule has 4 rings (SSSR count). The van der Waals surface area contributed by atoms with Gasteiger partial charge in [-0.15, -0.1) is 0 Å². The summed E-state index contributed by atoms with van der Waals surface area (Å²) in [6.45, 7) is 7.01. The predicted molar refractivity (Wildman–Crippen MR) is 263 cm³/mol. The number of fused-ring (bicyclic) bond motifs is 1. The monoisotopic (exact) mass is 1170 g/mol. The van der Waals surface area contributed by atoms with Gasteiger partial charge >= 0.3 is 60.2 Å². The van der Waals surface area contributed by atoms with E-state index in [4.69, 9.17) is 101 Å². The fourth-order valence-electron chi connectivity index (χ4n) is 8.14. The Bertz CT molecular complexity index is 2280. The molecule has 3 heterocycles. The zero-order chi connectivity index (χ0) is 58.1. The van der Waals surface area contributed by atoms with Gasteiger partial charge in [0, 0.05) is 47.8 Å². The van der Waals surface area contributed by atoms with Crippen LogP contribution in [0.15, 0.2) is 30.3 Å². The van der Waals surface area contributed by atoms with Gasteiger partial charge in [-0.1, -0.05) is 65.1 Å². The second-order valence-corrected chi connectivity index (χ2v) is 21.1. The summed E-state index contributed by atoms with van der Waals surface area (Å²) in [5.74, 6) is -9.10. The molecule has 1 aromatic rings. The number of benzene rings is 1. The van der Waals surface area contributed by atoms with Gasteiger partial charge in [-0.05, 0) is 45.6 Å². The number of nitrogens with one attached hydrogen (secondary N) is 2. The number of nitrogens with zero attached hydrogens (tertiary/aromatic N) is 1. The Hall–Kier alpha value is -5.97. The van der Waals surface area contributed by atoms with Crippen molar-refractivity contribution in [2.45, 2.75) is 164 Å². The number of alkyl carbamates (subject to hydrolysis) is 2. The normalized spacial score (nSPS) is 24.6. The van der Waals surface area contributed by atoms with Crippen LogP contribution in [0.2, 0.25) is 0 Å². The van der Waals surface area contributed by atoms with Gasteiger partial charge < -0.3 is 76.9 Å². The van der Waals surface area contributed by atoms with Crippen molar-refractivity contribution >= 4 is 95.0 Å². The summed E-state index contributed by atoms with van der Waals surface area (Å²) in [5.41, 5.74) is -0.424. The fraction of sp³-hybridized carbons (Fsp3) is 0.667. The van der Waals surface area contributed by atoms with Crippen LogP contribution in [0.3, 0.4) is 0 Å². The van der Waals surface area contributed by atoms with Crippen LogP contribution in [0.5, 0.6) is 0 Å². The number of hydrogen-bond donors (Lipinski definition) is 2. The lowest BCUT2D eigenvalue weighted by Gasteiger charge is -2.48. The highest BCUT2D eigenvalue weighted by Crippen LogP contribution is 2.43. The summed E-state index contributed by atoms with van der Waals surface area (Å²) >= 11 is 17.4. The largest absolute Gasteiger partial charge is 0.465 e. The lowest BCUT2D eigenvalue weighted by molar-refractivity contribution is -0.331. The van der Waals surface area contributed by atoms with Gasteiger partial charge in [0.2, 0.25) is 3.79 Å². The number of amides is 4. The summed E-state index contributed by atoms with van der Waals surface area (Å²) < 4.78 is 77.3. The van der Waals surface area contributed by atoms with Crippen molar-refractivity contribution in [3.05, 3.63) is 35.9 Å². The first-order chi connectivity index (χ1) is 36.5. The molecule has 11 atom stereocenters. The molecule has 27 nitrogen and oxygen atoms in total. The highest BCUT2D eigenvalue weighted by molar-refractivity contribution is 6.67. The number of methoxy groups -OCH3 is 1. The second kappa shape index (κ2) is 29.3. The summed E-state index contributed by atoms with van der Waals surface area (Å²) in [6, 6.07) is 5.75. The lowest BCUT2D eigenvalue weighted by atomic mass is 9.88. The van der Waals surface area contributed by atoms with Crippen LogP contribution in [-0.4, -0.2) is 181 Å². The molecule has 4 amide bonds. The van der Waals surface area contributed by atoms with Gasteiger partial charge in [0.15, 0.2) is 30.7 Å². The minimum absolute atomic E-state index is 0.0592. The van der Waals surface area contributed by atoms with Gasteiger partial charge in [0.25, 0.3) is 5.79 Å². The predicted octanol–water partition coefficient (Wildman–Crippen LogP) is 4.38. The van der Waals surface area contributed by atoms with Crippen LogP contribution in [0.25, 0.3) is 0 Å². The zero-order valence-corrected chi connectivity index (χ0v) is 46.4. The van der Waals surface area contributed by atoms with Crippen molar-refractivity contribution in [2.75, 3.05) is 40.1 Å². The minimum atomic E-state index is -2.82. The van der Waals surface area contributed by atoms with E-state index < -0.39 is 163 Å². The summed E-state index contributed by atoms with van der Waals surface area (Å²) in [6.07, 6.45) is -18.5. The van der Waals surface area contributed by atoms with Crippen molar-refractivity contribution in [1.82, 2.24) is 15.5 Å². The molecule has 3 aliphatic rings. The van der Waals surface area contributed by atoms with E-state index in [1.54, 1.807) is 24.3 Å².